The molecule has 0 aromatic heterocycles. The van der Waals surface area contributed by atoms with Crippen molar-refractivity contribution in [1.82, 2.24) is 5.32 Å². The molecule has 1 saturated carbocycles. The third-order valence-corrected chi connectivity index (χ3v) is 5.90. The highest BCUT2D eigenvalue weighted by Crippen LogP contribution is 2.36. The van der Waals surface area contributed by atoms with E-state index in [9.17, 15) is 13.2 Å². The van der Waals surface area contributed by atoms with E-state index in [-0.39, 0.29) is 24.1 Å². The van der Waals surface area contributed by atoms with Crippen LogP contribution in [0, 0.1) is 0 Å². The van der Waals surface area contributed by atoms with Crippen LogP contribution in [0.25, 0.3) is 0 Å². The van der Waals surface area contributed by atoms with Crippen molar-refractivity contribution in [2.45, 2.75) is 45.1 Å². The number of hydrogen-bond donors (Lipinski definition) is 1. The Bertz CT molecular complexity index is 742. The van der Waals surface area contributed by atoms with E-state index in [0.29, 0.717) is 17.2 Å². The van der Waals surface area contributed by atoms with Gasteiger partial charge in [-0.25, -0.2) is 8.42 Å². The lowest BCUT2D eigenvalue weighted by atomic mass is 9.95. The van der Waals surface area contributed by atoms with Crippen LogP contribution in [0.15, 0.2) is 12.1 Å². The van der Waals surface area contributed by atoms with Gasteiger partial charge in [0.25, 0.3) is 5.91 Å². The summed E-state index contributed by atoms with van der Waals surface area (Å²) in [6, 6.07) is 3.20. The van der Waals surface area contributed by atoms with Gasteiger partial charge >= 0.3 is 0 Å². The number of carbonyl (C=O) groups is 1. The Kier molecular flexibility index (Phi) is 6.75. The lowest BCUT2D eigenvalue weighted by molar-refractivity contribution is 0.0928. The Morgan fingerprint density at radius 1 is 1.15 bits per heavy atom. The molecule has 0 radical (unpaired) electrons. The quantitative estimate of drug-likeness (QED) is 0.781. The lowest BCUT2D eigenvalue weighted by Gasteiger charge is -2.27. The van der Waals surface area contributed by atoms with E-state index in [1.165, 1.54) is 24.9 Å². The van der Waals surface area contributed by atoms with Gasteiger partial charge in [0.2, 0.25) is 10.0 Å². The maximum atomic E-state index is 12.9. The van der Waals surface area contributed by atoms with E-state index >= 15 is 0 Å². The Labute approximate surface area is 155 Å². The molecule has 1 amide bonds. The highest BCUT2D eigenvalue weighted by atomic mass is 32.2. The molecule has 26 heavy (non-hydrogen) atoms. The SMILES string of the molecule is CCN(c1cc(OC)c(OC)cc1C(=O)NC1CCCCC1)S(C)(=O)=O. The molecule has 1 aliphatic rings. The number of carbonyl (C=O) groups excluding carboxylic acids is 1. The number of rotatable bonds is 7. The Hall–Kier alpha value is -1.96. The van der Waals surface area contributed by atoms with E-state index in [1.54, 1.807) is 19.1 Å². The van der Waals surface area contributed by atoms with Gasteiger partial charge in [0.05, 0.1) is 31.7 Å². The summed E-state index contributed by atoms with van der Waals surface area (Å²) >= 11 is 0. The predicted molar refractivity (Wildman–Crippen MR) is 102 cm³/mol. The van der Waals surface area contributed by atoms with Gasteiger partial charge in [-0.05, 0) is 25.8 Å². The van der Waals surface area contributed by atoms with Crippen LogP contribution in [0.5, 0.6) is 11.5 Å². The highest BCUT2D eigenvalue weighted by Gasteiger charge is 2.26. The van der Waals surface area contributed by atoms with Gasteiger partial charge in [-0.15, -0.1) is 0 Å². The van der Waals surface area contributed by atoms with Crippen molar-refractivity contribution in [3.05, 3.63) is 17.7 Å². The van der Waals surface area contributed by atoms with Gasteiger partial charge in [-0.1, -0.05) is 19.3 Å². The van der Waals surface area contributed by atoms with E-state index in [4.69, 9.17) is 9.47 Å². The average Bonchev–Trinajstić information content (AvgIpc) is 2.61. The molecule has 0 bridgehead atoms. The van der Waals surface area contributed by atoms with Crippen LogP contribution in [-0.2, 0) is 10.0 Å². The zero-order valence-corrected chi connectivity index (χ0v) is 16.7. The second-order valence-corrected chi connectivity index (χ2v) is 8.37. The van der Waals surface area contributed by atoms with Gasteiger partial charge in [0.15, 0.2) is 11.5 Å². The highest BCUT2D eigenvalue weighted by molar-refractivity contribution is 7.92. The fraction of sp³-hybridized carbons (Fsp3) is 0.611. The number of anilines is 1. The molecule has 1 aromatic carbocycles. The van der Waals surface area contributed by atoms with Gasteiger partial charge < -0.3 is 14.8 Å². The van der Waals surface area contributed by atoms with Crippen LogP contribution in [0.2, 0.25) is 0 Å². The van der Waals surface area contributed by atoms with E-state index in [0.717, 1.165) is 31.9 Å². The minimum atomic E-state index is -3.54. The molecule has 1 aliphatic carbocycles. The monoisotopic (exact) mass is 384 g/mol. The van der Waals surface area contributed by atoms with E-state index in [1.807, 2.05) is 0 Å². The molecule has 146 valence electrons. The Balaban J connectivity index is 2.48. The largest absolute Gasteiger partial charge is 0.493 e. The number of sulfonamides is 1. The zero-order chi connectivity index (χ0) is 19.3. The average molecular weight is 384 g/mol. The zero-order valence-electron chi connectivity index (χ0n) is 15.9. The topological polar surface area (TPSA) is 84.9 Å². The number of hydrogen-bond acceptors (Lipinski definition) is 5. The summed E-state index contributed by atoms with van der Waals surface area (Å²) in [5.74, 6) is 0.461. The molecule has 0 aliphatic heterocycles. The Morgan fingerprint density at radius 2 is 1.73 bits per heavy atom. The molecule has 7 nitrogen and oxygen atoms in total. The first-order valence-corrected chi connectivity index (χ1v) is 10.7. The van der Waals surface area contributed by atoms with Crippen LogP contribution in [0.3, 0.4) is 0 Å². The summed E-state index contributed by atoms with van der Waals surface area (Å²) in [5, 5.41) is 3.04. The smallest absolute Gasteiger partial charge is 0.253 e. The second-order valence-electron chi connectivity index (χ2n) is 6.46. The molecule has 1 aromatic rings. The number of nitrogens with zero attached hydrogens (tertiary/aromatic N) is 1. The Morgan fingerprint density at radius 3 is 2.23 bits per heavy atom. The minimum absolute atomic E-state index is 0.116. The van der Waals surface area contributed by atoms with Crippen LogP contribution in [0.1, 0.15) is 49.4 Å². The van der Waals surface area contributed by atoms with Crippen molar-refractivity contribution in [2.75, 3.05) is 31.3 Å². The van der Waals surface area contributed by atoms with Gasteiger partial charge in [-0.2, -0.15) is 0 Å². The van der Waals surface area contributed by atoms with Crippen LogP contribution in [0.4, 0.5) is 5.69 Å². The maximum Gasteiger partial charge on any atom is 0.253 e. The van der Waals surface area contributed by atoms with Crippen molar-refractivity contribution in [1.29, 1.82) is 0 Å². The third kappa shape index (κ3) is 4.60. The fourth-order valence-corrected chi connectivity index (χ4v) is 4.33. The number of amides is 1. The van der Waals surface area contributed by atoms with Gasteiger partial charge in [0, 0.05) is 18.7 Å². The summed E-state index contributed by atoms with van der Waals surface area (Å²) in [5.41, 5.74) is 0.557. The summed E-state index contributed by atoms with van der Waals surface area (Å²) < 4.78 is 36.2. The molecule has 0 spiro atoms. The van der Waals surface area contributed by atoms with Crippen LogP contribution >= 0.6 is 0 Å². The number of benzene rings is 1. The molecule has 0 atom stereocenters. The molecule has 0 unspecified atom stereocenters. The normalized spacial score (nSPS) is 15.4. The number of methoxy groups -OCH3 is 2. The minimum Gasteiger partial charge on any atom is -0.493 e. The first kappa shape index (κ1) is 20.4. The molecule has 0 heterocycles. The van der Waals surface area contributed by atoms with Crippen molar-refractivity contribution in [2.24, 2.45) is 0 Å². The molecule has 1 fully saturated rings. The van der Waals surface area contributed by atoms with Gasteiger partial charge in [0.1, 0.15) is 0 Å². The summed E-state index contributed by atoms with van der Waals surface area (Å²) in [4.78, 5) is 12.9. The van der Waals surface area contributed by atoms with Crippen molar-refractivity contribution in [3.8, 4) is 11.5 Å². The fourth-order valence-electron chi connectivity index (χ4n) is 3.35. The van der Waals surface area contributed by atoms with Crippen molar-refractivity contribution < 1.29 is 22.7 Å². The molecule has 8 heteroatoms. The molecular weight excluding hydrogens is 356 g/mol. The summed E-state index contributed by atoms with van der Waals surface area (Å²) in [6.45, 7) is 1.93. The lowest BCUT2D eigenvalue weighted by Crippen LogP contribution is -2.38. The van der Waals surface area contributed by atoms with Crippen molar-refractivity contribution >= 4 is 21.6 Å². The molecule has 0 saturated heterocycles. The van der Waals surface area contributed by atoms with Crippen molar-refractivity contribution in [3.63, 3.8) is 0 Å². The maximum absolute atomic E-state index is 12.9. The van der Waals surface area contributed by atoms with Crippen LogP contribution in [-0.4, -0.2) is 47.4 Å². The summed E-state index contributed by atoms with van der Waals surface area (Å²) in [7, 11) is -0.592. The molecule has 2 rings (SSSR count). The standard InChI is InChI=1S/C18H28N2O5S/c1-5-20(26(4,22)23)15-12-17(25-3)16(24-2)11-14(15)18(21)19-13-9-7-6-8-10-13/h11-13H,5-10H2,1-4H3,(H,19,21). The van der Waals surface area contributed by atoms with E-state index in [2.05, 4.69) is 5.32 Å². The summed E-state index contributed by atoms with van der Waals surface area (Å²) in [6.07, 6.45) is 6.37. The van der Waals surface area contributed by atoms with Gasteiger partial charge in [-0.3, -0.25) is 9.10 Å². The third-order valence-electron chi connectivity index (χ3n) is 4.64. The first-order chi connectivity index (χ1) is 12.3. The second kappa shape index (κ2) is 8.62. The number of nitrogens with one attached hydrogen (secondary N) is 1. The van der Waals surface area contributed by atoms with E-state index < -0.39 is 10.0 Å². The predicted octanol–water partition coefficient (Wildman–Crippen LogP) is 2.55. The number of ether oxygens (including phenoxy) is 2. The molecular formula is C18H28N2O5S. The molecule has 1 N–H and O–H groups in total. The first-order valence-electron chi connectivity index (χ1n) is 8.86. The van der Waals surface area contributed by atoms with Crippen LogP contribution < -0.4 is 19.1 Å².